The number of amides is 2. The van der Waals surface area contributed by atoms with Crippen molar-refractivity contribution in [2.24, 2.45) is 0 Å². The van der Waals surface area contributed by atoms with Gasteiger partial charge in [0.2, 0.25) is 0 Å². The van der Waals surface area contributed by atoms with E-state index in [4.69, 9.17) is 16.3 Å². The first-order chi connectivity index (χ1) is 19.4. The average Bonchev–Trinajstić information content (AvgIpc) is 3.54. The van der Waals surface area contributed by atoms with Crippen LogP contribution in [0.1, 0.15) is 44.8 Å². The molecular formula is C31H27ClN4O4. The highest BCUT2D eigenvalue weighted by Crippen LogP contribution is 2.46. The Balaban J connectivity index is 1.28. The Bertz CT molecular complexity index is 1780. The molecule has 9 heteroatoms. The summed E-state index contributed by atoms with van der Waals surface area (Å²) in [5.41, 5.74) is 4.50. The number of hydrogen-bond acceptors (Lipinski definition) is 5. The van der Waals surface area contributed by atoms with Gasteiger partial charge in [0.1, 0.15) is 22.8 Å². The van der Waals surface area contributed by atoms with E-state index in [0.717, 1.165) is 21.9 Å². The number of nitrogens with zero attached hydrogens (tertiary/aromatic N) is 3. The zero-order chi connectivity index (χ0) is 28.0. The number of rotatable bonds is 6. The Kier molecular flexibility index (Phi) is 6.56. The van der Waals surface area contributed by atoms with Crippen LogP contribution in [0.4, 0.5) is 11.4 Å². The number of hydrogen-bond donors (Lipinski definition) is 2. The molecule has 0 bridgehead atoms. The number of nitrogens with one attached hydrogen (secondary N) is 1. The number of aryl methyl sites for hydroxylation is 1. The van der Waals surface area contributed by atoms with Crippen molar-refractivity contribution in [3.63, 3.8) is 0 Å². The van der Waals surface area contributed by atoms with Crippen molar-refractivity contribution in [3.8, 4) is 11.5 Å². The normalized spacial score (nSPS) is 14.5. The van der Waals surface area contributed by atoms with E-state index in [1.807, 2.05) is 32.0 Å². The molecule has 0 saturated carbocycles. The Labute approximate surface area is 235 Å². The second-order valence-electron chi connectivity index (χ2n) is 9.81. The highest BCUT2D eigenvalue weighted by Gasteiger charge is 2.36. The summed E-state index contributed by atoms with van der Waals surface area (Å²) in [6.45, 7) is 4.84. The monoisotopic (exact) mass is 554 g/mol. The van der Waals surface area contributed by atoms with Crippen molar-refractivity contribution in [1.82, 2.24) is 9.38 Å². The molecule has 202 valence electrons. The van der Waals surface area contributed by atoms with Crippen LogP contribution in [-0.4, -0.2) is 45.3 Å². The Hall–Kier alpha value is -4.56. The Morgan fingerprint density at radius 3 is 2.67 bits per heavy atom. The van der Waals surface area contributed by atoms with E-state index in [1.165, 1.54) is 0 Å². The Morgan fingerprint density at radius 2 is 1.93 bits per heavy atom. The van der Waals surface area contributed by atoms with Gasteiger partial charge in [-0.15, -0.1) is 11.6 Å². The molecular weight excluding hydrogens is 528 g/mol. The van der Waals surface area contributed by atoms with Crippen molar-refractivity contribution >= 4 is 51.2 Å². The van der Waals surface area contributed by atoms with Crippen LogP contribution in [0.3, 0.4) is 0 Å². The van der Waals surface area contributed by atoms with Crippen molar-refractivity contribution < 1.29 is 19.4 Å². The number of benzene rings is 3. The molecule has 0 spiro atoms. The second-order valence-corrected chi connectivity index (χ2v) is 10.1. The first-order valence-electron chi connectivity index (χ1n) is 13.0. The third kappa shape index (κ3) is 4.40. The van der Waals surface area contributed by atoms with Crippen LogP contribution < -0.4 is 15.0 Å². The lowest BCUT2D eigenvalue weighted by molar-refractivity contribution is 0.0982. The van der Waals surface area contributed by atoms with Crippen LogP contribution in [0.5, 0.6) is 11.5 Å². The number of carbonyl (C=O) groups excluding carboxylic acids is 2. The molecule has 3 heterocycles. The number of aromatic hydroxyl groups is 1. The summed E-state index contributed by atoms with van der Waals surface area (Å²) >= 11 is 6.37. The van der Waals surface area contributed by atoms with Crippen molar-refractivity contribution in [2.45, 2.75) is 19.8 Å². The van der Waals surface area contributed by atoms with Gasteiger partial charge in [-0.2, -0.15) is 0 Å². The highest BCUT2D eigenvalue weighted by atomic mass is 35.5. The van der Waals surface area contributed by atoms with Crippen LogP contribution in [0.25, 0.3) is 16.4 Å². The standard InChI is InChI=1S/C31H27ClN4O4/c1-3-40-22-10-7-19(8-11-22)30(38)33-21-9-12-27-34-24(17-35(27)16-21)31(39)36-15-20(14-32)29-25(36)13-26(37)23-6-4-5-18(2)28(23)29/h4-13,16-17,20,37H,3,14-15H2,1-2H3,(H,33,38)/t20-/m1/s1. The predicted molar refractivity (Wildman–Crippen MR) is 156 cm³/mol. The summed E-state index contributed by atoms with van der Waals surface area (Å²) in [5, 5.41) is 15.4. The number of imidazole rings is 1. The van der Waals surface area contributed by atoms with Crippen molar-refractivity contribution in [3.05, 3.63) is 95.4 Å². The van der Waals surface area contributed by atoms with Crippen LogP contribution in [0.15, 0.2) is 73.1 Å². The molecule has 0 saturated heterocycles. The maximum atomic E-state index is 13.7. The number of phenolic OH excluding ortho intramolecular Hbond substituents is 1. The first-order valence-corrected chi connectivity index (χ1v) is 13.6. The molecule has 0 radical (unpaired) electrons. The minimum Gasteiger partial charge on any atom is -0.507 e. The van der Waals surface area contributed by atoms with Gasteiger partial charge in [-0.25, -0.2) is 4.98 Å². The van der Waals surface area contributed by atoms with E-state index < -0.39 is 0 Å². The van der Waals surface area contributed by atoms with Gasteiger partial charge in [-0.3, -0.25) is 9.59 Å². The molecule has 0 fully saturated rings. The lowest BCUT2D eigenvalue weighted by Crippen LogP contribution is -2.30. The summed E-state index contributed by atoms with van der Waals surface area (Å²) < 4.78 is 7.14. The van der Waals surface area contributed by atoms with Crippen LogP contribution in [0.2, 0.25) is 0 Å². The number of pyridine rings is 1. The maximum Gasteiger partial charge on any atom is 0.278 e. The molecule has 2 N–H and O–H groups in total. The van der Waals surface area contributed by atoms with Crippen molar-refractivity contribution in [2.75, 3.05) is 29.2 Å². The number of aromatic nitrogens is 2. The van der Waals surface area contributed by atoms with Crippen LogP contribution in [0, 0.1) is 6.92 Å². The second kappa shape index (κ2) is 10.2. The molecule has 1 aliphatic rings. The molecule has 1 aliphatic heterocycles. The molecule has 0 aliphatic carbocycles. The number of halogens is 1. The van der Waals surface area contributed by atoms with Crippen LogP contribution in [-0.2, 0) is 0 Å². The summed E-state index contributed by atoms with van der Waals surface area (Å²) in [4.78, 5) is 32.7. The van der Waals surface area contributed by atoms with Gasteiger partial charge in [0.15, 0.2) is 0 Å². The largest absolute Gasteiger partial charge is 0.507 e. The maximum absolute atomic E-state index is 13.7. The topological polar surface area (TPSA) is 96.2 Å². The number of phenols is 1. The third-order valence-corrected chi connectivity index (χ3v) is 7.63. The van der Waals surface area contributed by atoms with Gasteiger partial charge >= 0.3 is 0 Å². The minimum absolute atomic E-state index is 0.0775. The van der Waals surface area contributed by atoms with E-state index in [-0.39, 0.29) is 29.2 Å². The lowest BCUT2D eigenvalue weighted by Gasteiger charge is -2.17. The fraction of sp³-hybridized carbons (Fsp3) is 0.194. The van der Waals surface area contributed by atoms with Gasteiger partial charge in [0.25, 0.3) is 11.8 Å². The number of alkyl halides is 1. The predicted octanol–water partition coefficient (Wildman–Crippen LogP) is 6.14. The smallest absolute Gasteiger partial charge is 0.278 e. The molecule has 8 nitrogen and oxygen atoms in total. The fourth-order valence-electron chi connectivity index (χ4n) is 5.40. The third-order valence-electron chi connectivity index (χ3n) is 7.26. The van der Waals surface area contributed by atoms with Crippen LogP contribution >= 0.6 is 11.6 Å². The van der Waals surface area contributed by atoms with E-state index in [1.54, 1.807) is 64.2 Å². The van der Waals surface area contributed by atoms with E-state index in [0.29, 0.717) is 47.4 Å². The summed E-state index contributed by atoms with van der Waals surface area (Å²) in [7, 11) is 0. The number of anilines is 2. The summed E-state index contributed by atoms with van der Waals surface area (Å²) in [6.07, 6.45) is 3.36. The molecule has 2 aromatic heterocycles. The quantitative estimate of drug-likeness (QED) is 0.246. The van der Waals surface area contributed by atoms with Gasteiger partial charge < -0.3 is 24.5 Å². The number of ether oxygens (including phenoxy) is 1. The van der Waals surface area contributed by atoms with E-state index in [9.17, 15) is 14.7 Å². The molecule has 5 aromatic rings. The molecule has 2 amide bonds. The SMILES string of the molecule is CCOc1ccc(C(=O)Nc2ccc3nc(C(=O)N4C[C@@H](CCl)c5c4cc(O)c4cccc(C)c54)cn3c2)cc1. The van der Waals surface area contributed by atoms with E-state index >= 15 is 0 Å². The molecule has 40 heavy (non-hydrogen) atoms. The number of carbonyl (C=O) groups is 2. The molecule has 6 rings (SSSR count). The summed E-state index contributed by atoms with van der Waals surface area (Å²) in [5.74, 6) is 0.534. The average molecular weight is 555 g/mol. The molecule has 1 atom stereocenters. The summed E-state index contributed by atoms with van der Waals surface area (Å²) in [6, 6.07) is 17.8. The van der Waals surface area contributed by atoms with Gasteiger partial charge in [0.05, 0.1) is 18.0 Å². The lowest BCUT2D eigenvalue weighted by atomic mass is 9.92. The van der Waals surface area contributed by atoms with Gasteiger partial charge in [0, 0.05) is 47.8 Å². The first kappa shape index (κ1) is 25.7. The zero-order valence-corrected chi connectivity index (χ0v) is 22.8. The van der Waals surface area contributed by atoms with Gasteiger partial charge in [-0.05, 0) is 66.8 Å². The number of fused-ring (bicyclic) bond motifs is 4. The van der Waals surface area contributed by atoms with E-state index in [2.05, 4.69) is 10.3 Å². The molecule has 0 unspecified atom stereocenters. The molecule has 3 aromatic carbocycles. The fourth-order valence-corrected chi connectivity index (χ4v) is 5.65. The van der Waals surface area contributed by atoms with Gasteiger partial charge in [-0.1, -0.05) is 18.2 Å². The Morgan fingerprint density at radius 1 is 1.12 bits per heavy atom. The zero-order valence-electron chi connectivity index (χ0n) is 22.0. The highest BCUT2D eigenvalue weighted by molar-refractivity contribution is 6.19. The minimum atomic E-state index is -0.287. The van der Waals surface area contributed by atoms with Crippen molar-refractivity contribution in [1.29, 1.82) is 0 Å².